The van der Waals surface area contributed by atoms with Crippen molar-refractivity contribution in [2.45, 2.75) is 17.7 Å². The standard InChI is InChI=1S/C15H14OS/c1-17-15-9-11(16)8-14-12-5-3-2-4-10(12)6-7-13(14)15/h2-5,8-9,16H,6-7H2,1H3. The fourth-order valence-electron chi connectivity index (χ4n) is 2.57. The number of aryl methyl sites for hydroxylation is 1. The molecule has 1 aliphatic carbocycles. The average molecular weight is 242 g/mol. The Kier molecular flexibility index (Phi) is 2.60. The topological polar surface area (TPSA) is 20.2 Å². The molecule has 1 N–H and O–H groups in total. The quantitative estimate of drug-likeness (QED) is 0.766. The van der Waals surface area contributed by atoms with Gasteiger partial charge in [-0.05, 0) is 53.5 Å². The minimum absolute atomic E-state index is 0.366. The normalized spacial score (nSPS) is 13.0. The van der Waals surface area contributed by atoms with Gasteiger partial charge in [0.05, 0.1) is 0 Å². The van der Waals surface area contributed by atoms with Crippen LogP contribution in [0.2, 0.25) is 0 Å². The second kappa shape index (κ2) is 4.11. The number of hydrogen-bond acceptors (Lipinski definition) is 2. The number of phenolic OH excluding ortho intramolecular Hbond substituents is 1. The van der Waals surface area contributed by atoms with Gasteiger partial charge in [0, 0.05) is 4.90 Å². The number of hydrogen-bond donors (Lipinski definition) is 1. The summed E-state index contributed by atoms with van der Waals surface area (Å²) in [5.74, 6) is 0.366. The lowest BCUT2D eigenvalue weighted by Gasteiger charge is -2.22. The smallest absolute Gasteiger partial charge is 0.117 e. The fourth-order valence-corrected chi connectivity index (χ4v) is 3.27. The van der Waals surface area contributed by atoms with Crippen LogP contribution in [0, 0.1) is 0 Å². The monoisotopic (exact) mass is 242 g/mol. The van der Waals surface area contributed by atoms with Crippen molar-refractivity contribution in [2.24, 2.45) is 0 Å². The zero-order valence-electron chi connectivity index (χ0n) is 9.73. The molecule has 0 unspecified atom stereocenters. The van der Waals surface area contributed by atoms with Crippen molar-refractivity contribution >= 4 is 11.8 Å². The van der Waals surface area contributed by atoms with E-state index in [4.69, 9.17) is 0 Å². The lowest BCUT2D eigenvalue weighted by molar-refractivity contribution is 0.473. The summed E-state index contributed by atoms with van der Waals surface area (Å²) >= 11 is 1.71. The second-order valence-electron chi connectivity index (χ2n) is 4.33. The highest BCUT2D eigenvalue weighted by molar-refractivity contribution is 7.98. The van der Waals surface area contributed by atoms with E-state index in [-0.39, 0.29) is 0 Å². The van der Waals surface area contributed by atoms with Crippen molar-refractivity contribution in [3.8, 4) is 16.9 Å². The maximum absolute atomic E-state index is 9.81. The van der Waals surface area contributed by atoms with Crippen LogP contribution in [-0.4, -0.2) is 11.4 Å². The lowest BCUT2D eigenvalue weighted by atomic mass is 9.85. The molecule has 0 bridgehead atoms. The summed E-state index contributed by atoms with van der Waals surface area (Å²) in [6.45, 7) is 0. The zero-order valence-corrected chi connectivity index (χ0v) is 10.6. The van der Waals surface area contributed by atoms with Crippen molar-refractivity contribution in [1.82, 2.24) is 0 Å². The Labute approximate surface area is 105 Å². The summed E-state index contributed by atoms with van der Waals surface area (Å²) in [7, 11) is 0. The summed E-state index contributed by atoms with van der Waals surface area (Å²) in [5.41, 5.74) is 5.25. The van der Waals surface area contributed by atoms with Gasteiger partial charge in [0.2, 0.25) is 0 Å². The molecular formula is C15H14OS. The van der Waals surface area contributed by atoms with Gasteiger partial charge in [0.25, 0.3) is 0 Å². The molecule has 0 saturated carbocycles. The summed E-state index contributed by atoms with van der Waals surface area (Å²) < 4.78 is 0. The van der Waals surface area contributed by atoms with E-state index in [9.17, 15) is 5.11 Å². The number of aromatic hydroxyl groups is 1. The van der Waals surface area contributed by atoms with Crippen LogP contribution in [0.15, 0.2) is 41.3 Å². The number of benzene rings is 2. The van der Waals surface area contributed by atoms with Gasteiger partial charge in [0.15, 0.2) is 0 Å². The SMILES string of the molecule is CSc1cc(O)cc2c1CCc1ccccc1-2. The van der Waals surface area contributed by atoms with Crippen LogP contribution in [0.4, 0.5) is 0 Å². The van der Waals surface area contributed by atoms with Crippen LogP contribution in [0.1, 0.15) is 11.1 Å². The number of rotatable bonds is 1. The molecule has 17 heavy (non-hydrogen) atoms. The lowest BCUT2D eigenvalue weighted by Crippen LogP contribution is -2.04. The molecule has 0 amide bonds. The Bertz CT molecular complexity index is 575. The van der Waals surface area contributed by atoms with Crippen LogP contribution in [-0.2, 0) is 12.8 Å². The van der Waals surface area contributed by atoms with Crippen molar-refractivity contribution in [3.63, 3.8) is 0 Å². The molecule has 0 saturated heterocycles. The van der Waals surface area contributed by atoms with Crippen molar-refractivity contribution in [3.05, 3.63) is 47.5 Å². The number of fused-ring (bicyclic) bond motifs is 3. The average Bonchev–Trinajstić information content (AvgIpc) is 2.37. The Balaban J connectivity index is 2.28. The van der Waals surface area contributed by atoms with Gasteiger partial charge in [-0.1, -0.05) is 24.3 Å². The maximum Gasteiger partial charge on any atom is 0.117 e. The molecule has 1 nitrogen and oxygen atoms in total. The first-order valence-corrected chi connectivity index (χ1v) is 7.00. The molecule has 1 aliphatic rings. The van der Waals surface area contributed by atoms with E-state index < -0.39 is 0 Å². The van der Waals surface area contributed by atoms with E-state index in [0.29, 0.717) is 5.75 Å². The molecule has 0 fully saturated rings. The summed E-state index contributed by atoms with van der Waals surface area (Å²) in [5, 5.41) is 9.81. The van der Waals surface area contributed by atoms with E-state index in [1.807, 2.05) is 12.1 Å². The molecule has 0 aromatic heterocycles. The largest absolute Gasteiger partial charge is 0.508 e. The summed E-state index contributed by atoms with van der Waals surface area (Å²) in [6, 6.07) is 12.3. The first-order chi connectivity index (χ1) is 8.29. The molecular weight excluding hydrogens is 228 g/mol. The van der Waals surface area contributed by atoms with Gasteiger partial charge in [-0.25, -0.2) is 0 Å². The minimum Gasteiger partial charge on any atom is -0.508 e. The predicted octanol–water partition coefficient (Wildman–Crippen LogP) is 3.88. The van der Waals surface area contributed by atoms with Gasteiger partial charge in [0.1, 0.15) is 5.75 Å². The molecule has 86 valence electrons. The third-order valence-corrected chi connectivity index (χ3v) is 4.17. The van der Waals surface area contributed by atoms with E-state index >= 15 is 0 Å². The third kappa shape index (κ3) is 1.73. The molecule has 0 atom stereocenters. The summed E-state index contributed by atoms with van der Waals surface area (Å²) in [4.78, 5) is 1.20. The van der Waals surface area contributed by atoms with E-state index in [2.05, 4.69) is 30.5 Å². The number of phenols is 1. The Morgan fingerprint density at radius 2 is 1.88 bits per heavy atom. The van der Waals surface area contributed by atoms with Crippen molar-refractivity contribution in [2.75, 3.05) is 6.26 Å². The van der Waals surface area contributed by atoms with Gasteiger partial charge >= 0.3 is 0 Å². The molecule has 2 aromatic rings. The van der Waals surface area contributed by atoms with Crippen LogP contribution < -0.4 is 0 Å². The van der Waals surface area contributed by atoms with Crippen molar-refractivity contribution < 1.29 is 5.11 Å². The first-order valence-electron chi connectivity index (χ1n) is 5.78. The van der Waals surface area contributed by atoms with E-state index in [0.717, 1.165) is 12.8 Å². The highest BCUT2D eigenvalue weighted by Crippen LogP contribution is 2.40. The van der Waals surface area contributed by atoms with Gasteiger partial charge in [-0.15, -0.1) is 11.8 Å². The molecule has 0 spiro atoms. The highest BCUT2D eigenvalue weighted by atomic mass is 32.2. The Morgan fingerprint density at radius 1 is 1.06 bits per heavy atom. The van der Waals surface area contributed by atoms with Gasteiger partial charge in [-0.2, -0.15) is 0 Å². The second-order valence-corrected chi connectivity index (χ2v) is 5.18. The predicted molar refractivity (Wildman–Crippen MR) is 72.7 cm³/mol. The van der Waals surface area contributed by atoms with Crippen LogP contribution >= 0.6 is 11.8 Å². The van der Waals surface area contributed by atoms with Crippen LogP contribution in [0.25, 0.3) is 11.1 Å². The highest BCUT2D eigenvalue weighted by Gasteiger charge is 2.18. The maximum atomic E-state index is 9.81. The van der Waals surface area contributed by atoms with Gasteiger partial charge < -0.3 is 5.11 Å². The van der Waals surface area contributed by atoms with Crippen LogP contribution in [0.3, 0.4) is 0 Å². The fraction of sp³-hybridized carbons (Fsp3) is 0.200. The minimum atomic E-state index is 0.366. The number of thioether (sulfide) groups is 1. The van der Waals surface area contributed by atoms with E-state index in [1.165, 1.54) is 27.1 Å². The van der Waals surface area contributed by atoms with E-state index in [1.54, 1.807) is 11.8 Å². The molecule has 0 aliphatic heterocycles. The molecule has 0 heterocycles. The van der Waals surface area contributed by atoms with Gasteiger partial charge in [-0.3, -0.25) is 0 Å². The Hall–Kier alpha value is -1.41. The molecule has 2 aromatic carbocycles. The molecule has 0 radical (unpaired) electrons. The third-order valence-electron chi connectivity index (χ3n) is 3.37. The summed E-state index contributed by atoms with van der Waals surface area (Å²) in [6.07, 6.45) is 4.24. The Morgan fingerprint density at radius 3 is 2.71 bits per heavy atom. The van der Waals surface area contributed by atoms with Crippen LogP contribution in [0.5, 0.6) is 5.75 Å². The first kappa shape index (κ1) is 10.7. The van der Waals surface area contributed by atoms with Crippen molar-refractivity contribution in [1.29, 1.82) is 0 Å². The zero-order chi connectivity index (χ0) is 11.8. The molecule has 2 heteroatoms. The molecule has 3 rings (SSSR count).